The second-order valence-corrected chi connectivity index (χ2v) is 9.35. The number of para-hydroxylation sites is 1. The van der Waals surface area contributed by atoms with Crippen LogP contribution in [0.25, 0.3) is 10.9 Å². The molecule has 33 heavy (non-hydrogen) atoms. The van der Waals surface area contributed by atoms with Gasteiger partial charge in [0.15, 0.2) is 0 Å². The van der Waals surface area contributed by atoms with E-state index in [0.29, 0.717) is 45.3 Å². The van der Waals surface area contributed by atoms with Crippen molar-refractivity contribution in [3.8, 4) is 0 Å². The van der Waals surface area contributed by atoms with Gasteiger partial charge in [-0.15, -0.1) is 0 Å². The minimum Gasteiger partial charge on any atom is -0.361 e. The number of aryl methyl sites for hydroxylation is 1. The molecule has 2 saturated heterocycles. The second kappa shape index (κ2) is 11.3. The molecular weight excluding hydrogens is 416 g/mol. The Hall–Kier alpha value is -2.83. The Kier molecular flexibility index (Phi) is 8.02. The predicted molar refractivity (Wildman–Crippen MR) is 129 cm³/mol. The number of nitrogens with zero attached hydrogens (tertiary/aromatic N) is 2. The molecule has 0 saturated carbocycles. The molecular formula is C26H36N4O3. The number of aromatic amines is 1. The first-order valence-electron chi connectivity index (χ1n) is 12.5. The summed E-state index contributed by atoms with van der Waals surface area (Å²) in [4.78, 5) is 45.1. The number of H-pyrrole nitrogens is 1. The van der Waals surface area contributed by atoms with Crippen LogP contribution in [0.3, 0.4) is 0 Å². The highest BCUT2D eigenvalue weighted by atomic mass is 16.2. The number of hydrogen-bond acceptors (Lipinski definition) is 3. The molecule has 2 aromatic rings. The average molecular weight is 453 g/mol. The Balaban J connectivity index is 1.25. The third-order valence-corrected chi connectivity index (χ3v) is 7.08. The monoisotopic (exact) mass is 452 g/mol. The lowest BCUT2D eigenvalue weighted by Gasteiger charge is -2.34. The van der Waals surface area contributed by atoms with Crippen LogP contribution in [0.5, 0.6) is 0 Å². The van der Waals surface area contributed by atoms with Crippen LogP contribution in [0.2, 0.25) is 0 Å². The fourth-order valence-corrected chi connectivity index (χ4v) is 5.04. The maximum Gasteiger partial charge on any atom is 0.225 e. The number of benzene rings is 1. The van der Waals surface area contributed by atoms with Crippen molar-refractivity contribution in [3.63, 3.8) is 0 Å². The molecule has 1 aromatic carbocycles. The van der Waals surface area contributed by atoms with Crippen LogP contribution in [0.15, 0.2) is 30.5 Å². The van der Waals surface area contributed by atoms with E-state index in [2.05, 4.69) is 16.4 Å². The maximum atomic E-state index is 13.2. The van der Waals surface area contributed by atoms with Gasteiger partial charge in [0.05, 0.1) is 0 Å². The van der Waals surface area contributed by atoms with E-state index in [9.17, 15) is 14.4 Å². The van der Waals surface area contributed by atoms with E-state index < -0.39 is 0 Å². The number of rotatable bonds is 4. The number of amides is 3. The lowest BCUT2D eigenvalue weighted by molar-refractivity contribution is -0.141. The van der Waals surface area contributed by atoms with Crippen LogP contribution in [0, 0.1) is 5.92 Å². The van der Waals surface area contributed by atoms with E-state index in [1.54, 1.807) is 0 Å². The van der Waals surface area contributed by atoms with Gasteiger partial charge in [0.25, 0.3) is 0 Å². The van der Waals surface area contributed by atoms with Crippen LogP contribution >= 0.6 is 0 Å². The maximum absolute atomic E-state index is 13.2. The van der Waals surface area contributed by atoms with Crippen LogP contribution in [-0.4, -0.2) is 65.2 Å². The molecule has 0 unspecified atom stereocenters. The highest BCUT2D eigenvalue weighted by Gasteiger charge is 2.30. The smallest absolute Gasteiger partial charge is 0.225 e. The first kappa shape index (κ1) is 23.3. The molecule has 3 amide bonds. The minimum absolute atomic E-state index is 0.0327. The number of hydrogen-bond donors (Lipinski definition) is 2. The Morgan fingerprint density at radius 2 is 1.73 bits per heavy atom. The molecule has 3 heterocycles. The fraction of sp³-hybridized carbons (Fsp3) is 0.577. The lowest BCUT2D eigenvalue weighted by atomic mass is 9.94. The summed E-state index contributed by atoms with van der Waals surface area (Å²) in [7, 11) is 0. The van der Waals surface area contributed by atoms with E-state index in [0.717, 1.165) is 50.7 Å². The summed E-state index contributed by atoms with van der Waals surface area (Å²) in [6.07, 6.45) is 9.16. The zero-order valence-corrected chi connectivity index (χ0v) is 19.5. The fourth-order valence-electron chi connectivity index (χ4n) is 5.04. The van der Waals surface area contributed by atoms with E-state index in [1.165, 1.54) is 10.9 Å². The SMILES string of the molecule is O=C1CCN(C(=O)C2CCN(C(=O)CCc3c[nH]c4ccccc34)CC2)CCCCCCN1. The molecule has 0 aliphatic carbocycles. The molecule has 7 heteroatoms. The normalized spacial score (nSPS) is 19.2. The summed E-state index contributed by atoms with van der Waals surface area (Å²) in [5, 5.41) is 4.13. The van der Waals surface area contributed by atoms with Crippen molar-refractivity contribution in [2.24, 2.45) is 5.92 Å². The standard InChI is InChI=1S/C26H36N4O3/c31-24-13-18-30(15-6-2-1-5-14-27-24)26(33)20-11-16-29(17-12-20)25(32)10-9-21-19-28-23-8-4-3-7-22(21)23/h3-4,7-8,19-20,28H,1-2,5-6,9-18H2,(H,27,31). The van der Waals surface area contributed by atoms with Gasteiger partial charge in [-0.05, 0) is 43.7 Å². The third kappa shape index (κ3) is 6.15. The van der Waals surface area contributed by atoms with Crippen molar-refractivity contribution in [1.29, 1.82) is 0 Å². The van der Waals surface area contributed by atoms with E-state index in [1.807, 2.05) is 34.2 Å². The van der Waals surface area contributed by atoms with Gasteiger partial charge >= 0.3 is 0 Å². The number of aromatic nitrogens is 1. The molecule has 2 aliphatic heterocycles. The minimum atomic E-state index is -0.0455. The molecule has 7 nitrogen and oxygen atoms in total. The highest BCUT2D eigenvalue weighted by Crippen LogP contribution is 2.23. The lowest BCUT2D eigenvalue weighted by Crippen LogP contribution is -2.45. The van der Waals surface area contributed by atoms with Crippen LogP contribution in [0.1, 0.15) is 56.9 Å². The topological polar surface area (TPSA) is 85.5 Å². The van der Waals surface area contributed by atoms with Gasteiger partial charge < -0.3 is 20.1 Å². The van der Waals surface area contributed by atoms with Crippen molar-refractivity contribution >= 4 is 28.6 Å². The molecule has 2 aliphatic rings. The summed E-state index contributed by atoms with van der Waals surface area (Å²) >= 11 is 0. The van der Waals surface area contributed by atoms with Crippen LogP contribution in [0.4, 0.5) is 0 Å². The summed E-state index contributed by atoms with van der Waals surface area (Å²) in [5.41, 5.74) is 2.27. The number of carbonyl (C=O) groups is 3. The van der Waals surface area contributed by atoms with Crippen molar-refractivity contribution in [1.82, 2.24) is 20.1 Å². The largest absolute Gasteiger partial charge is 0.361 e. The zero-order valence-electron chi connectivity index (χ0n) is 19.5. The summed E-state index contributed by atoms with van der Waals surface area (Å²) in [6.45, 7) is 3.23. The van der Waals surface area contributed by atoms with Gasteiger partial charge in [0.2, 0.25) is 17.7 Å². The number of piperidine rings is 1. The molecule has 2 N–H and O–H groups in total. The number of carbonyl (C=O) groups excluding carboxylic acids is 3. The van der Waals surface area contributed by atoms with Gasteiger partial charge in [-0.2, -0.15) is 0 Å². The Morgan fingerprint density at radius 3 is 2.58 bits per heavy atom. The van der Waals surface area contributed by atoms with Crippen LogP contribution in [-0.2, 0) is 20.8 Å². The molecule has 0 radical (unpaired) electrons. The molecule has 0 spiro atoms. The number of likely N-dealkylation sites (tertiary alicyclic amines) is 1. The van der Waals surface area contributed by atoms with Crippen molar-refractivity contribution in [3.05, 3.63) is 36.0 Å². The van der Waals surface area contributed by atoms with Gasteiger partial charge in [-0.25, -0.2) is 0 Å². The molecule has 2 fully saturated rings. The van der Waals surface area contributed by atoms with Gasteiger partial charge in [0, 0.05) is 68.6 Å². The summed E-state index contributed by atoms with van der Waals surface area (Å²) in [6, 6.07) is 8.16. The van der Waals surface area contributed by atoms with Crippen LogP contribution < -0.4 is 5.32 Å². The van der Waals surface area contributed by atoms with Gasteiger partial charge in [-0.3, -0.25) is 14.4 Å². The molecule has 4 rings (SSSR count). The van der Waals surface area contributed by atoms with Gasteiger partial charge in [-0.1, -0.05) is 31.0 Å². The molecule has 0 atom stereocenters. The molecule has 178 valence electrons. The number of fused-ring (bicyclic) bond motifs is 1. The van der Waals surface area contributed by atoms with Crippen molar-refractivity contribution in [2.75, 3.05) is 32.7 Å². The summed E-state index contributed by atoms with van der Waals surface area (Å²) in [5.74, 6) is 0.312. The Labute approximate surface area is 195 Å². The van der Waals surface area contributed by atoms with Gasteiger partial charge in [0.1, 0.15) is 0 Å². The molecule has 0 bridgehead atoms. The van der Waals surface area contributed by atoms with E-state index >= 15 is 0 Å². The Bertz CT molecular complexity index is 961. The third-order valence-electron chi connectivity index (χ3n) is 7.08. The van der Waals surface area contributed by atoms with E-state index in [4.69, 9.17) is 0 Å². The average Bonchev–Trinajstić information content (AvgIpc) is 3.24. The van der Waals surface area contributed by atoms with E-state index in [-0.39, 0.29) is 23.6 Å². The second-order valence-electron chi connectivity index (χ2n) is 9.35. The Morgan fingerprint density at radius 1 is 0.939 bits per heavy atom. The van der Waals surface area contributed by atoms with Crippen molar-refractivity contribution in [2.45, 2.75) is 57.8 Å². The van der Waals surface area contributed by atoms with Crippen molar-refractivity contribution < 1.29 is 14.4 Å². The quantitative estimate of drug-likeness (QED) is 0.747. The number of nitrogens with one attached hydrogen (secondary N) is 2. The summed E-state index contributed by atoms with van der Waals surface area (Å²) < 4.78 is 0. The first-order chi connectivity index (χ1) is 16.1. The zero-order chi connectivity index (χ0) is 23.0. The highest BCUT2D eigenvalue weighted by molar-refractivity contribution is 5.84. The first-order valence-corrected chi connectivity index (χ1v) is 12.5. The molecule has 1 aromatic heterocycles. The predicted octanol–water partition coefficient (Wildman–Crippen LogP) is 3.25.